The molecule has 0 bridgehead atoms. The Kier molecular flexibility index (Phi) is 2.95. The summed E-state index contributed by atoms with van der Waals surface area (Å²) < 4.78 is 2.06. The van der Waals surface area contributed by atoms with Gasteiger partial charge < -0.3 is 5.32 Å². The molecule has 3 heteroatoms. The Morgan fingerprint density at radius 1 is 1.47 bits per heavy atom. The van der Waals surface area contributed by atoms with Gasteiger partial charge in [0.05, 0.1) is 6.20 Å². The number of nitrogens with one attached hydrogen (secondary N) is 1. The first-order valence-corrected chi connectivity index (χ1v) is 7.06. The number of hydrogen-bond acceptors (Lipinski definition) is 2. The molecule has 3 nitrogen and oxygen atoms in total. The lowest BCUT2D eigenvalue weighted by atomic mass is 9.91. The number of aryl methyl sites for hydroxylation is 1. The van der Waals surface area contributed by atoms with Crippen molar-refractivity contribution >= 4 is 0 Å². The maximum atomic E-state index is 4.42. The molecular formula is C14H23N3. The summed E-state index contributed by atoms with van der Waals surface area (Å²) in [6.45, 7) is 2.31. The van der Waals surface area contributed by atoms with Gasteiger partial charge in [0.25, 0.3) is 0 Å². The van der Waals surface area contributed by atoms with Crippen molar-refractivity contribution in [3.05, 3.63) is 17.5 Å². The van der Waals surface area contributed by atoms with E-state index in [0.717, 1.165) is 12.0 Å². The second-order valence-corrected chi connectivity index (χ2v) is 5.63. The number of aromatic nitrogens is 2. The molecule has 0 saturated heterocycles. The first-order valence-electron chi connectivity index (χ1n) is 7.06. The molecule has 1 aromatic rings. The minimum absolute atomic E-state index is 0.554. The zero-order valence-corrected chi connectivity index (χ0v) is 10.9. The molecule has 2 unspecified atom stereocenters. The van der Waals surface area contributed by atoms with Crippen LogP contribution in [0.3, 0.4) is 0 Å². The smallest absolute Gasteiger partial charge is 0.0540 e. The van der Waals surface area contributed by atoms with Gasteiger partial charge in [0.1, 0.15) is 0 Å². The second-order valence-electron chi connectivity index (χ2n) is 5.63. The minimum Gasteiger partial charge on any atom is -0.307 e. The topological polar surface area (TPSA) is 29.9 Å². The monoisotopic (exact) mass is 233 g/mol. The van der Waals surface area contributed by atoms with Gasteiger partial charge in [-0.2, -0.15) is 5.10 Å². The standard InChI is InChI=1S/C14H23N3/c1-3-12(10-7-8-10)16-13-5-4-6-14-11(13)9-15-17(14)2/h9-10,12-13,16H,3-8H2,1-2H3. The highest BCUT2D eigenvalue weighted by atomic mass is 15.3. The average molecular weight is 233 g/mol. The molecule has 2 aliphatic carbocycles. The Morgan fingerprint density at radius 3 is 3.00 bits per heavy atom. The zero-order chi connectivity index (χ0) is 11.8. The van der Waals surface area contributed by atoms with Crippen LogP contribution in [0.2, 0.25) is 0 Å². The largest absolute Gasteiger partial charge is 0.307 e. The van der Waals surface area contributed by atoms with Gasteiger partial charge in [-0.3, -0.25) is 4.68 Å². The summed E-state index contributed by atoms with van der Waals surface area (Å²) in [6, 6.07) is 1.28. The summed E-state index contributed by atoms with van der Waals surface area (Å²) >= 11 is 0. The van der Waals surface area contributed by atoms with E-state index in [1.165, 1.54) is 49.8 Å². The third kappa shape index (κ3) is 2.13. The average Bonchev–Trinajstić information content (AvgIpc) is 3.12. The van der Waals surface area contributed by atoms with Gasteiger partial charge >= 0.3 is 0 Å². The summed E-state index contributed by atoms with van der Waals surface area (Å²) in [4.78, 5) is 0. The normalized spacial score (nSPS) is 25.6. The van der Waals surface area contributed by atoms with E-state index in [4.69, 9.17) is 0 Å². The van der Waals surface area contributed by atoms with Crippen molar-refractivity contribution in [1.29, 1.82) is 0 Å². The van der Waals surface area contributed by atoms with Crippen LogP contribution in [0.25, 0.3) is 0 Å². The van der Waals surface area contributed by atoms with Crippen LogP contribution in [-0.4, -0.2) is 15.8 Å². The first kappa shape index (κ1) is 11.3. The van der Waals surface area contributed by atoms with Crippen LogP contribution in [0.5, 0.6) is 0 Å². The third-order valence-electron chi connectivity index (χ3n) is 4.42. The van der Waals surface area contributed by atoms with Crippen LogP contribution in [0.1, 0.15) is 56.3 Å². The SMILES string of the molecule is CCC(NC1CCCc2c1cnn2C)C1CC1. The van der Waals surface area contributed by atoms with Crippen LogP contribution < -0.4 is 5.32 Å². The number of fused-ring (bicyclic) bond motifs is 1. The van der Waals surface area contributed by atoms with E-state index >= 15 is 0 Å². The lowest BCUT2D eigenvalue weighted by Crippen LogP contribution is -2.35. The molecular weight excluding hydrogens is 210 g/mol. The molecule has 3 rings (SSSR count). The molecule has 2 aliphatic rings. The minimum atomic E-state index is 0.554. The summed E-state index contributed by atoms with van der Waals surface area (Å²) in [7, 11) is 2.07. The molecule has 1 saturated carbocycles. The second kappa shape index (κ2) is 4.45. The van der Waals surface area contributed by atoms with Gasteiger partial charge in [0.15, 0.2) is 0 Å². The predicted molar refractivity (Wildman–Crippen MR) is 68.8 cm³/mol. The Bertz CT molecular complexity index is 392. The highest BCUT2D eigenvalue weighted by Gasteiger charge is 2.33. The highest BCUT2D eigenvalue weighted by Crippen LogP contribution is 2.37. The maximum absolute atomic E-state index is 4.42. The fourth-order valence-corrected chi connectivity index (χ4v) is 3.22. The molecule has 1 N–H and O–H groups in total. The molecule has 0 aliphatic heterocycles. The Labute approximate surface area is 104 Å². The maximum Gasteiger partial charge on any atom is 0.0540 e. The lowest BCUT2D eigenvalue weighted by molar-refractivity contribution is 0.358. The van der Waals surface area contributed by atoms with Crippen molar-refractivity contribution in [2.75, 3.05) is 0 Å². The van der Waals surface area contributed by atoms with Crippen LogP contribution in [0.15, 0.2) is 6.20 Å². The van der Waals surface area contributed by atoms with Crippen molar-refractivity contribution in [3.63, 3.8) is 0 Å². The van der Waals surface area contributed by atoms with Crippen molar-refractivity contribution in [3.8, 4) is 0 Å². The van der Waals surface area contributed by atoms with E-state index in [1.54, 1.807) is 0 Å². The zero-order valence-electron chi connectivity index (χ0n) is 10.9. The van der Waals surface area contributed by atoms with Crippen molar-refractivity contribution in [1.82, 2.24) is 15.1 Å². The number of hydrogen-bond donors (Lipinski definition) is 1. The third-order valence-corrected chi connectivity index (χ3v) is 4.42. The van der Waals surface area contributed by atoms with E-state index in [1.807, 2.05) is 0 Å². The van der Waals surface area contributed by atoms with Crippen molar-refractivity contribution in [2.45, 2.75) is 57.5 Å². The molecule has 17 heavy (non-hydrogen) atoms. The van der Waals surface area contributed by atoms with E-state index in [-0.39, 0.29) is 0 Å². The van der Waals surface area contributed by atoms with E-state index < -0.39 is 0 Å². The Balaban J connectivity index is 1.75. The van der Waals surface area contributed by atoms with Gasteiger partial charge in [-0.1, -0.05) is 6.92 Å². The molecule has 1 heterocycles. The van der Waals surface area contributed by atoms with Crippen molar-refractivity contribution in [2.24, 2.45) is 13.0 Å². The first-order chi connectivity index (χ1) is 8.29. The quantitative estimate of drug-likeness (QED) is 0.866. The molecule has 1 aromatic heterocycles. The van der Waals surface area contributed by atoms with Crippen LogP contribution in [0.4, 0.5) is 0 Å². The fraction of sp³-hybridized carbons (Fsp3) is 0.786. The highest BCUT2D eigenvalue weighted by molar-refractivity contribution is 5.25. The molecule has 0 spiro atoms. The predicted octanol–water partition coefficient (Wildman–Crippen LogP) is 2.58. The van der Waals surface area contributed by atoms with E-state index in [9.17, 15) is 0 Å². The molecule has 0 radical (unpaired) electrons. The summed E-state index contributed by atoms with van der Waals surface area (Å²) in [6.07, 6.45) is 9.97. The number of rotatable bonds is 4. The molecule has 0 aromatic carbocycles. The van der Waals surface area contributed by atoms with Crippen LogP contribution in [0, 0.1) is 5.92 Å². The van der Waals surface area contributed by atoms with Crippen LogP contribution >= 0.6 is 0 Å². The summed E-state index contributed by atoms with van der Waals surface area (Å²) in [5.74, 6) is 0.946. The van der Waals surface area contributed by atoms with Crippen molar-refractivity contribution < 1.29 is 0 Å². The fourth-order valence-electron chi connectivity index (χ4n) is 3.22. The van der Waals surface area contributed by atoms with Gasteiger partial charge in [0.2, 0.25) is 0 Å². The molecule has 94 valence electrons. The Hall–Kier alpha value is -0.830. The van der Waals surface area contributed by atoms with Crippen LogP contribution in [-0.2, 0) is 13.5 Å². The molecule has 1 fully saturated rings. The Morgan fingerprint density at radius 2 is 2.29 bits per heavy atom. The summed E-state index contributed by atoms with van der Waals surface area (Å²) in [5, 5.41) is 8.30. The summed E-state index contributed by atoms with van der Waals surface area (Å²) in [5.41, 5.74) is 2.90. The van der Waals surface area contributed by atoms with E-state index in [0.29, 0.717) is 6.04 Å². The van der Waals surface area contributed by atoms with E-state index in [2.05, 4.69) is 35.3 Å². The van der Waals surface area contributed by atoms with Gasteiger partial charge in [-0.05, 0) is 44.4 Å². The molecule has 2 atom stereocenters. The van der Waals surface area contributed by atoms with Gasteiger partial charge in [-0.15, -0.1) is 0 Å². The lowest BCUT2D eigenvalue weighted by Gasteiger charge is -2.28. The molecule has 0 amide bonds. The van der Waals surface area contributed by atoms with Gasteiger partial charge in [-0.25, -0.2) is 0 Å². The number of nitrogens with zero attached hydrogens (tertiary/aromatic N) is 2. The van der Waals surface area contributed by atoms with Gasteiger partial charge in [0, 0.05) is 30.4 Å².